The van der Waals surface area contributed by atoms with Crippen molar-refractivity contribution in [3.05, 3.63) is 36.2 Å². The number of benzene rings is 1. The zero-order chi connectivity index (χ0) is 19.1. The van der Waals surface area contributed by atoms with E-state index < -0.39 is 0 Å². The summed E-state index contributed by atoms with van der Waals surface area (Å²) in [4.78, 5) is 12.8. The van der Waals surface area contributed by atoms with Gasteiger partial charge in [0.25, 0.3) is 5.91 Å². The van der Waals surface area contributed by atoms with Crippen LogP contribution in [0, 0.1) is 18.8 Å². The summed E-state index contributed by atoms with van der Waals surface area (Å²) < 4.78 is 5.76. The maximum absolute atomic E-state index is 12.8. The van der Waals surface area contributed by atoms with Gasteiger partial charge in [-0.15, -0.1) is 0 Å². The van der Waals surface area contributed by atoms with E-state index in [0.29, 0.717) is 34.9 Å². The monoisotopic (exact) mass is 424 g/mol. The van der Waals surface area contributed by atoms with Crippen molar-refractivity contribution in [3.8, 4) is 5.75 Å². The summed E-state index contributed by atoms with van der Waals surface area (Å²) in [5, 5.41) is 3.64. The van der Waals surface area contributed by atoms with Crippen LogP contribution in [-0.4, -0.2) is 37.1 Å². The molecular formula is C22H33ClN2O2S. The largest absolute Gasteiger partial charge is 0.493 e. The summed E-state index contributed by atoms with van der Waals surface area (Å²) in [6.45, 7) is 2.04. The zero-order valence-electron chi connectivity index (χ0n) is 16.7. The first kappa shape index (κ1) is 23.4. The van der Waals surface area contributed by atoms with Gasteiger partial charge in [-0.1, -0.05) is 44.7 Å². The van der Waals surface area contributed by atoms with E-state index in [1.807, 2.05) is 6.07 Å². The van der Waals surface area contributed by atoms with E-state index in [2.05, 4.69) is 5.32 Å². The smallest absolute Gasteiger partial charge is 0.252 e. The number of carbonyl (C=O) groups excluding carboxylic acids is 1. The molecule has 2 saturated carbocycles. The topological polar surface area (TPSA) is 64.3 Å². The van der Waals surface area contributed by atoms with Crippen LogP contribution in [0.5, 0.6) is 5.75 Å². The maximum atomic E-state index is 12.8. The Hall–Kier alpha value is -0.910. The van der Waals surface area contributed by atoms with Crippen LogP contribution in [0.2, 0.25) is 5.02 Å². The molecule has 0 unspecified atom stereocenters. The average Bonchev–Trinajstić information content (AvgIpc) is 2.67. The van der Waals surface area contributed by atoms with Gasteiger partial charge in [-0.25, -0.2) is 0 Å². The van der Waals surface area contributed by atoms with Crippen molar-refractivity contribution in [1.29, 1.82) is 0 Å². The van der Waals surface area contributed by atoms with Crippen molar-refractivity contribution < 1.29 is 9.53 Å². The van der Waals surface area contributed by atoms with Crippen LogP contribution in [0.25, 0.3) is 0 Å². The Labute approximate surface area is 179 Å². The van der Waals surface area contributed by atoms with Gasteiger partial charge in [0, 0.05) is 24.6 Å². The van der Waals surface area contributed by atoms with Gasteiger partial charge in [0.2, 0.25) is 0 Å². The summed E-state index contributed by atoms with van der Waals surface area (Å²) in [6.07, 6.45) is 9.07. The first-order valence-electron chi connectivity index (χ1n) is 10.1. The van der Waals surface area contributed by atoms with Gasteiger partial charge in [0.1, 0.15) is 5.75 Å². The molecule has 2 radical (unpaired) electrons. The van der Waals surface area contributed by atoms with E-state index in [9.17, 15) is 4.79 Å². The second-order valence-electron chi connectivity index (χ2n) is 7.93. The van der Waals surface area contributed by atoms with Gasteiger partial charge in [0.05, 0.1) is 17.2 Å². The fourth-order valence-corrected chi connectivity index (χ4v) is 5.38. The van der Waals surface area contributed by atoms with Crippen molar-refractivity contribution in [2.24, 2.45) is 17.1 Å². The summed E-state index contributed by atoms with van der Waals surface area (Å²) in [5.74, 6) is 3.27. The number of ether oxygens (including phenoxy) is 1. The van der Waals surface area contributed by atoms with E-state index in [0.717, 1.165) is 24.0 Å². The molecule has 1 aromatic rings. The highest BCUT2D eigenvalue weighted by Gasteiger charge is 2.39. The lowest BCUT2D eigenvalue weighted by Gasteiger charge is -2.45. The van der Waals surface area contributed by atoms with Crippen LogP contribution < -0.4 is 15.8 Å². The van der Waals surface area contributed by atoms with E-state index >= 15 is 0 Å². The molecule has 4 nitrogen and oxygen atoms in total. The highest BCUT2D eigenvalue weighted by Crippen LogP contribution is 2.48. The van der Waals surface area contributed by atoms with Crippen molar-refractivity contribution in [2.45, 2.75) is 44.9 Å². The minimum atomic E-state index is -0.0926. The fraction of sp³-hybridized carbons (Fsp3) is 0.636. The number of halogens is 1. The summed E-state index contributed by atoms with van der Waals surface area (Å²) in [7, 11) is 0. The van der Waals surface area contributed by atoms with E-state index in [1.54, 1.807) is 23.9 Å². The molecule has 0 spiro atoms. The number of thioether (sulfide) groups is 1. The Morgan fingerprint density at radius 3 is 2.75 bits per heavy atom. The molecule has 2 fully saturated rings. The maximum Gasteiger partial charge on any atom is 0.252 e. The van der Waals surface area contributed by atoms with Crippen molar-refractivity contribution in [3.63, 3.8) is 0 Å². The molecule has 3 rings (SSSR count). The lowest BCUT2D eigenvalue weighted by atomic mass is 9.62. The van der Waals surface area contributed by atoms with Crippen LogP contribution in [0.4, 0.5) is 0 Å². The van der Waals surface area contributed by atoms with E-state index in [4.69, 9.17) is 22.1 Å². The SMILES string of the molecule is NCCSCCOc1ccc(Cl)c(C(=O)NCC23CCCC(CCC2)C3)c1.[CH2]. The second kappa shape index (κ2) is 11.3. The summed E-state index contributed by atoms with van der Waals surface area (Å²) >= 11 is 8.05. The fourth-order valence-electron chi connectivity index (χ4n) is 4.61. The molecule has 0 atom stereocenters. The molecule has 2 bridgehead atoms. The molecule has 6 heteroatoms. The third kappa shape index (κ3) is 6.30. The highest BCUT2D eigenvalue weighted by atomic mass is 35.5. The van der Waals surface area contributed by atoms with Crippen molar-refractivity contribution >= 4 is 29.3 Å². The lowest BCUT2D eigenvalue weighted by Crippen LogP contribution is -2.43. The molecule has 0 heterocycles. The van der Waals surface area contributed by atoms with Gasteiger partial charge in [-0.05, 0) is 48.8 Å². The molecule has 2 aliphatic rings. The van der Waals surface area contributed by atoms with Gasteiger partial charge >= 0.3 is 0 Å². The predicted molar refractivity (Wildman–Crippen MR) is 119 cm³/mol. The number of nitrogens with one attached hydrogen (secondary N) is 1. The minimum absolute atomic E-state index is 0. The number of hydrogen-bond donors (Lipinski definition) is 2. The Morgan fingerprint density at radius 2 is 2.04 bits per heavy atom. The molecule has 2 aliphatic carbocycles. The van der Waals surface area contributed by atoms with E-state index in [1.165, 1.54) is 44.9 Å². The summed E-state index contributed by atoms with van der Waals surface area (Å²) in [5.41, 5.74) is 6.29. The minimum Gasteiger partial charge on any atom is -0.493 e. The predicted octanol–water partition coefficient (Wildman–Crippen LogP) is 4.83. The second-order valence-corrected chi connectivity index (χ2v) is 9.56. The van der Waals surface area contributed by atoms with Crippen LogP contribution in [0.15, 0.2) is 18.2 Å². The van der Waals surface area contributed by atoms with Crippen molar-refractivity contribution in [1.82, 2.24) is 5.32 Å². The molecule has 1 amide bonds. The molecule has 0 aromatic heterocycles. The van der Waals surface area contributed by atoms with E-state index in [-0.39, 0.29) is 13.3 Å². The van der Waals surface area contributed by atoms with Crippen LogP contribution in [0.1, 0.15) is 55.3 Å². The highest BCUT2D eigenvalue weighted by molar-refractivity contribution is 7.99. The number of rotatable bonds is 9. The number of nitrogens with two attached hydrogens (primary N) is 1. The first-order chi connectivity index (χ1) is 13.1. The lowest BCUT2D eigenvalue weighted by molar-refractivity contribution is 0.0681. The molecule has 0 saturated heterocycles. The van der Waals surface area contributed by atoms with Crippen LogP contribution in [-0.2, 0) is 0 Å². The molecule has 28 heavy (non-hydrogen) atoms. The molecule has 1 aromatic carbocycles. The quantitative estimate of drug-likeness (QED) is 0.557. The Kier molecular flexibility index (Phi) is 9.45. The number of carbonyl (C=O) groups is 1. The first-order valence-corrected chi connectivity index (χ1v) is 11.6. The summed E-state index contributed by atoms with van der Waals surface area (Å²) in [6, 6.07) is 5.32. The Morgan fingerprint density at radius 1 is 1.29 bits per heavy atom. The Balaban J connectivity index is 0.00000280. The molecule has 3 N–H and O–H groups in total. The van der Waals surface area contributed by atoms with Gasteiger partial charge in [-0.2, -0.15) is 11.8 Å². The molecule has 156 valence electrons. The number of fused-ring (bicyclic) bond motifs is 2. The molecule has 0 aliphatic heterocycles. The number of amides is 1. The number of hydrogen-bond acceptors (Lipinski definition) is 4. The third-order valence-corrected chi connectivity index (χ3v) is 7.23. The Bertz CT molecular complexity index is 631. The average molecular weight is 425 g/mol. The van der Waals surface area contributed by atoms with Crippen LogP contribution >= 0.6 is 23.4 Å². The third-order valence-electron chi connectivity index (χ3n) is 5.93. The standard InChI is InChI=1S/C21H31ClN2O2S.CH2/c22-19-6-5-17(26-10-12-27-11-9-23)13-18(19)20(25)24-15-21-7-1-3-16(14-21)4-2-8-21;/h5-6,13,16H,1-4,7-12,14-15,23H2,(H,24,25);1H2. The molecular weight excluding hydrogens is 392 g/mol. The normalized spacial score (nSPS) is 23.6. The van der Waals surface area contributed by atoms with Crippen LogP contribution in [0.3, 0.4) is 0 Å². The van der Waals surface area contributed by atoms with Crippen molar-refractivity contribution in [2.75, 3.05) is 31.2 Å². The van der Waals surface area contributed by atoms with Gasteiger partial charge < -0.3 is 15.8 Å². The van der Waals surface area contributed by atoms with Gasteiger partial charge in [0.15, 0.2) is 0 Å². The zero-order valence-corrected chi connectivity index (χ0v) is 18.3. The van der Waals surface area contributed by atoms with Gasteiger partial charge in [-0.3, -0.25) is 4.79 Å².